The second-order valence-corrected chi connectivity index (χ2v) is 5.55. The van der Waals surface area contributed by atoms with Gasteiger partial charge in [0.2, 0.25) is 0 Å². The number of carbonyl (C=O) groups is 2. The van der Waals surface area contributed by atoms with E-state index in [2.05, 4.69) is 11.7 Å². The molecule has 0 amide bonds. The number of ketones is 1. The maximum atomic E-state index is 11.6. The van der Waals surface area contributed by atoms with E-state index in [9.17, 15) is 9.59 Å². The number of carbonyl (C=O) groups excluding carboxylic acids is 2. The Morgan fingerprint density at radius 2 is 1.15 bits per heavy atom. The van der Waals surface area contributed by atoms with E-state index in [-0.39, 0.29) is 5.97 Å². The quantitative estimate of drug-likeness (QED) is 0.339. The second kappa shape index (κ2) is 14.5. The second-order valence-electron chi connectivity index (χ2n) is 5.55. The van der Waals surface area contributed by atoms with Gasteiger partial charge in [-0.25, -0.2) is 0 Å². The lowest BCUT2D eigenvalue weighted by molar-refractivity contribution is -0.140. The van der Waals surface area contributed by atoms with Crippen molar-refractivity contribution >= 4 is 11.8 Å². The van der Waals surface area contributed by atoms with E-state index in [4.69, 9.17) is 0 Å². The lowest BCUT2D eigenvalue weighted by Gasteiger charge is -2.02. The van der Waals surface area contributed by atoms with Gasteiger partial charge in [-0.15, -0.1) is 0 Å². The Kier molecular flexibility index (Phi) is 13.9. The molecule has 0 aliphatic heterocycles. The summed E-state index contributed by atoms with van der Waals surface area (Å²) in [6.07, 6.45) is 13.3. The molecule has 0 aromatic carbocycles. The molecule has 0 atom stereocenters. The van der Waals surface area contributed by atoms with Crippen molar-refractivity contribution in [3.8, 4) is 0 Å². The molecule has 118 valence electrons. The largest absolute Gasteiger partial charge is 0.469 e. The molecular weight excluding hydrogens is 252 g/mol. The van der Waals surface area contributed by atoms with Crippen LogP contribution in [0.4, 0.5) is 0 Å². The summed E-state index contributed by atoms with van der Waals surface area (Å²) in [4.78, 5) is 22.5. The highest BCUT2D eigenvalue weighted by Crippen LogP contribution is 2.11. The molecule has 0 aromatic rings. The summed E-state index contributed by atoms with van der Waals surface area (Å²) in [5.41, 5.74) is 0. The van der Waals surface area contributed by atoms with Gasteiger partial charge in [0.25, 0.3) is 0 Å². The van der Waals surface area contributed by atoms with Crippen LogP contribution in [0.2, 0.25) is 0 Å². The molecule has 0 aromatic heterocycles. The zero-order chi connectivity index (χ0) is 15.1. The predicted molar refractivity (Wildman–Crippen MR) is 82.7 cm³/mol. The molecule has 0 N–H and O–H groups in total. The third kappa shape index (κ3) is 13.6. The van der Waals surface area contributed by atoms with Gasteiger partial charge >= 0.3 is 5.97 Å². The molecule has 0 spiro atoms. The maximum Gasteiger partial charge on any atom is 0.305 e. The Labute approximate surface area is 124 Å². The van der Waals surface area contributed by atoms with E-state index in [0.29, 0.717) is 12.2 Å². The van der Waals surface area contributed by atoms with Crippen LogP contribution >= 0.6 is 0 Å². The SMILES string of the molecule is CCCCCCC(=O)CCCCCCCCC(=O)OC. The monoisotopic (exact) mass is 284 g/mol. The minimum atomic E-state index is -0.112. The normalized spacial score (nSPS) is 10.5. The summed E-state index contributed by atoms with van der Waals surface area (Å²) >= 11 is 0. The maximum absolute atomic E-state index is 11.6. The van der Waals surface area contributed by atoms with Crippen LogP contribution in [-0.2, 0) is 14.3 Å². The van der Waals surface area contributed by atoms with Gasteiger partial charge < -0.3 is 4.74 Å². The van der Waals surface area contributed by atoms with Gasteiger partial charge in [-0.05, 0) is 19.3 Å². The molecule has 3 heteroatoms. The van der Waals surface area contributed by atoms with Crippen LogP contribution in [0.15, 0.2) is 0 Å². The van der Waals surface area contributed by atoms with Gasteiger partial charge in [0.15, 0.2) is 0 Å². The summed E-state index contributed by atoms with van der Waals surface area (Å²) in [5.74, 6) is 0.325. The topological polar surface area (TPSA) is 43.4 Å². The first-order valence-electron chi connectivity index (χ1n) is 8.29. The average Bonchev–Trinajstić information content (AvgIpc) is 2.46. The molecule has 0 aliphatic carbocycles. The van der Waals surface area contributed by atoms with Crippen molar-refractivity contribution in [3.63, 3.8) is 0 Å². The van der Waals surface area contributed by atoms with Crippen LogP contribution in [0, 0.1) is 0 Å². The number of hydrogen-bond acceptors (Lipinski definition) is 3. The van der Waals surface area contributed by atoms with Gasteiger partial charge in [0, 0.05) is 19.3 Å². The number of Topliss-reactive ketones (excluding diaryl/α,β-unsaturated/α-hetero) is 1. The Morgan fingerprint density at radius 3 is 1.65 bits per heavy atom. The van der Waals surface area contributed by atoms with Crippen LogP contribution in [0.1, 0.15) is 90.4 Å². The van der Waals surface area contributed by atoms with Crippen molar-refractivity contribution in [1.82, 2.24) is 0 Å². The standard InChI is InChI=1S/C17H32O3/c1-3-4-5-10-13-16(18)14-11-8-6-7-9-12-15-17(19)20-2/h3-15H2,1-2H3. The van der Waals surface area contributed by atoms with Gasteiger partial charge in [-0.1, -0.05) is 51.9 Å². The van der Waals surface area contributed by atoms with Crippen molar-refractivity contribution in [2.45, 2.75) is 90.4 Å². The van der Waals surface area contributed by atoms with Crippen LogP contribution < -0.4 is 0 Å². The fourth-order valence-electron chi connectivity index (χ4n) is 2.27. The highest BCUT2D eigenvalue weighted by molar-refractivity contribution is 5.78. The number of ether oxygens (including phenoxy) is 1. The van der Waals surface area contributed by atoms with E-state index in [1.165, 1.54) is 32.8 Å². The van der Waals surface area contributed by atoms with Crippen LogP contribution in [0.3, 0.4) is 0 Å². The predicted octanol–water partition coefficient (Wildman–Crippen LogP) is 4.82. The molecule has 0 aliphatic rings. The van der Waals surface area contributed by atoms with E-state index >= 15 is 0 Å². The third-order valence-electron chi connectivity index (χ3n) is 3.62. The third-order valence-corrected chi connectivity index (χ3v) is 3.62. The fourth-order valence-corrected chi connectivity index (χ4v) is 2.27. The first kappa shape index (κ1) is 19.1. The highest BCUT2D eigenvalue weighted by atomic mass is 16.5. The first-order chi connectivity index (χ1) is 9.70. The van der Waals surface area contributed by atoms with Gasteiger partial charge in [0.05, 0.1) is 7.11 Å². The van der Waals surface area contributed by atoms with Crippen LogP contribution in [0.25, 0.3) is 0 Å². The van der Waals surface area contributed by atoms with E-state index < -0.39 is 0 Å². The Bertz CT molecular complexity index is 249. The average molecular weight is 284 g/mol. The first-order valence-corrected chi connectivity index (χ1v) is 8.29. The summed E-state index contributed by atoms with van der Waals surface area (Å²) in [6.45, 7) is 2.19. The zero-order valence-electron chi connectivity index (χ0n) is 13.4. The van der Waals surface area contributed by atoms with Gasteiger partial charge in [-0.2, -0.15) is 0 Å². The molecule has 0 saturated heterocycles. The van der Waals surface area contributed by atoms with Crippen molar-refractivity contribution in [2.24, 2.45) is 0 Å². The summed E-state index contributed by atoms with van der Waals surface area (Å²) < 4.78 is 4.59. The van der Waals surface area contributed by atoms with E-state index in [1.54, 1.807) is 0 Å². The highest BCUT2D eigenvalue weighted by Gasteiger charge is 2.02. The molecule has 0 heterocycles. The Hall–Kier alpha value is -0.860. The molecule has 0 bridgehead atoms. The van der Waals surface area contributed by atoms with Crippen LogP contribution in [0.5, 0.6) is 0 Å². The fraction of sp³-hybridized carbons (Fsp3) is 0.882. The lowest BCUT2D eigenvalue weighted by atomic mass is 10.0. The smallest absolute Gasteiger partial charge is 0.305 e. The summed E-state index contributed by atoms with van der Waals surface area (Å²) in [5, 5.41) is 0. The molecular formula is C17H32O3. The van der Waals surface area contributed by atoms with Gasteiger partial charge in [0.1, 0.15) is 5.78 Å². The lowest BCUT2D eigenvalue weighted by Crippen LogP contribution is -1.99. The molecule has 3 nitrogen and oxygen atoms in total. The number of rotatable bonds is 14. The van der Waals surface area contributed by atoms with Crippen molar-refractivity contribution in [2.75, 3.05) is 7.11 Å². The van der Waals surface area contributed by atoms with Crippen LogP contribution in [-0.4, -0.2) is 18.9 Å². The molecule has 0 unspecified atom stereocenters. The number of unbranched alkanes of at least 4 members (excludes halogenated alkanes) is 8. The van der Waals surface area contributed by atoms with Gasteiger partial charge in [-0.3, -0.25) is 9.59 Å². The molecule has 0 radical (unpaired) electrons. The van der Waals surface area contributed by atoms with Crippen molar-refractivity contribution < 1.29 is 14.3 Å². The van der Waals surface area contributed by atoms with Crippen molar-refractivity contribution in [1.29, 1.82) is 0 Å². The van der Waals surface area contributed by atoms with E-state index in [0.717, 1.165) is 51.4 Å². The molecule has 0 rings (SSSR count). The Morgan fingerprint density at radius 1 is 0.700 bits per heavy atom. The molecule has 0 fully saturated rings. The summed E-state index contributed by atoms with van der Waals surface area (Å²) in [6, 6.07) is 0. The van der Waals surface area contributed by atoms with Crippen molar-refractivity contribution in [3.05, 3.63) is 0 Å². The number of hydrogen-bond donors (Lipinski definition) is 0. The zero-order valence-corrected chi connectivity index (χ0v) is 13.4. The number of methoxy groups -OCH3 is 1. The minimum Gasteiger partial charge on any atom is -0.469 e. The number of esters is 1. The molecule has 20 heavy (non-hydrogen) atoms. The summed E-state index contributed by atoms with van der Waals surface area (Å²) in [7, 11) is 1.43. The molecule has 0 saturated carbocycles. The Balaban J connectivity index is 3.19. The van der Waals surface area contributed by atoms with E-state index in [1.807, 2.05) is 0 Å². The minimum absolute atomic E-state index is 0.112.